The zero-order valence-electron chi connectivity index (χ0n) is 30.8. The summed E-state index contributed by atoms with van der Waals surface area (Å²) >= 11 is 0. The Labute approximate surface area is 294 Å². The zero-order chi connectivity index (χ0) is 37.6. The summed E-state index contributed by atoms with van der Waals surface area (Å²) in [6, 6.07) is 4.33. The van der Waals surface area contributed by atoms with Crippen molar-refractivity contribution in [2.45, 2.75) is 116 Å². The number of hydrogen-bond donors (Lipinski definition) is 4. The summed E-state index contributed by atoms with van der Waals surface area (Å²) in [7, 11) is 3.12. The first-order valence-electron chi connectivity index (χ1n) is 17.2. The van der Waals surface area contributed by atoms with Crippen molar-refractivity contribution in [3.8, 4) is 0 Å². The predicted octanol–water partition coefficient (Wildman–Crippen LogP) is 2.22. The Hall–Kier alpha value is -4.49. The number of carbonyl (C=O) groups is 7. The normalized spacial score (nSPS) is 20.2. The van der Waals surface area contributed by atoms with Gasteiger partial charge in [0.25, 0.3) is 5.91 Å². The lowest BCUT2D eigenvalue weighted by Gasteiger charge is -2.40. The number of ketones is 1. The Morgan fingerprint density at radius 2 is 1.56 bits per heavy atom. The van der Waals surface area contributed by atoms with Gasteiger partial charge in [-0.15, -0.1) is 0 Å². The topological polar surface area (TPSA) is 183 Å². The van der Waals surface area contributed by atoms with E-state index >= 15 is 0 Å². The number of benzene rings is 1. The molecule has 0 aromatic heterocycles. The third-order valence-electron chi connectivity index (χ3n) is 8.85. The van der Waals surface area contributed by atoms with E-state index in [1.165, 1.54) is 9.80 Å². The lowest BCUT2D eigenvalue weighted by Crippen LogP contribution is -2.62. The number of piperidine rings is 1. The molecule has 0 spiro atoms. The maximum absolute atomic E-state index is 14.1. The van der Waals surface area contributed by atoms with Crippen LogP contribution in [0.1, 0.15) is 92.2 Å². The maximum atomic E-state index is 14.1. The lowest BCUT2D eigenvalue weighted by atomic mass is 9.85. The molecule has 14 heteroatoms. The van der Waals surface area contributed by atoms with Gasteiger partial charge in [-0.3, -0.25) is 28.8 Å². The quantitative estimate of drug-likeness (QED) is 0.226. The minimum Gasteiger partial charge on any atom is -0.444 e. The van der Waals surface area contributed by atoms with Gasteiger partial charge < -0.3 is 35.8 Å². The van der Waals surface area contributed by atoms with E-state index in [1.807, 2.05) is 20.8 Å². The molecule has 14 nitrogen and oxygen atoms in total. The number of likely N-dealkylation sites (tertiary alicyclic amines) is 1. The number of amides is 6. The second kappa shape index (κ2) is 16.5. The van der Waals surface area contributed by atoms with Gasteiger partial charge in [-0.25, -0.2) is 4.79 Å². The average molecular weight is 699 g/mol. The van der Waals surface area contributed by atoms with Crippen LogP contribution >= 0.6 is 0 Å². The fraction of sp³-hybridized carbons (Fsp3) is 0.639. The molecule has 1 aromatic rings. The second-order valence-electron chi connectivity index (χ2n) is 15.4. The molecular formula is C36H54N6O8. The van der Waals surface area contributed by atoms with Crippen LogP contribution in [0.5, 0.6) is 0 Å². The third-order valence-corrected chi connectivity index (χ3v) is 8.85. The number of ether oxygens (including phenoxy) is 1. The Bertz CT molecular complexity index is 1430. The van der Waals surface area contributed by atoms with Gasteiger partial charge in [0.05, 0.1) is 12.6 Å². The molecule has 1 heterocycles. The molecule has 276 valence electrons. The highest BCUT2D eigenvalue weighted by Crippen LogP contribution is 2.43. The molecule has 1 aliphatic carbocycles. The van der Waals surface area contributed by atoms with E-state index in [9.17, 15) is 33.6 Å². The molecule has 0 radical (unpaired) electrons. The first kappa shape index (κ1) is 39.9. The highest BCUT2D eigenvalue weighted by Gasteiger charge is 2.54. The fourth-order valence-corrected chi connectivity index (χ4v) is 6.49. The van der Waals surface area contributed by atoms with Crippen molar-refractivity contribution in [3.05, 3.63) is 35.9 Å². The molecule has 4 N–H and O–H groups in total. The van der Waals surface area contributed by atoms with E-state index in [4.69, 9.17) is 4.74 Å². The molecule has 2 fully saturated rings. The Kier molecular flexibility index (Phi) is 13.2. The molecule has 1 aromatic carbocycles. The van der Waals surface area contributed by atoms with Crippen LogP contribution in [0.25, 0.3) is 0 Å². The van der Waals surface area contributed by atoms with Gasteiger partial charge in [-0.2, -0.15) is 0 Å². The van der Waals surface area contributed by atoms with Crippen molar-refractivity contribution in [1.29, 1.82) is 0 Å². The minimum atomic E-state index is -1.20. The molecule has 2 aliphatic rings. The van der Waals surface area contributed by atoms with Crippen LogP contribution < -0.4 is 21.3 Å². The number of nitrogens with one attached hydrogen (secondary N) is 4. The molecule has 1 saturated heterocycles. The average Bonchev–Trinajstić information content (AvgIpc) is 3.65. The number of alkyl carbamates (subject to hydrolysis) is 1. The number of Topliss-reactive ketones (excluding diaryl/α,β-unsaturated/α-hetero) is 1. The molecule has 3 rings (SSSR count). The van der Waals surface area contributed by atoms with Crippen molar-refractivity contribution in [2.24, 2.45) is 11.3 Å². The van der Waals surface area contributed by atoms with Crippen LogP contribution in [0.3, 0.4) is 0 Å². The molecule has 1 saturated carbocycles. The second-order valence-corrected chi connectivity index (χ2v) is 15.4. The van der Waals surface area contributed by atoms with Crippen molar-refractivity contribution in [3.63, 3.8) is 0 Å². The highest BCUT2D eigenvalue weighted by atomic mass is 16.6. The van der Waals surface area contributed by atoms with Crippen LogP contribution in [0.2, 0.25) is 0 Å². The summed E-state index contributed by atoms with van der Waals surface area (Å²) in [5.74, 6) is -4.18. The number of fused-ring (bicyclic) bond motifs is 2. The molecule has 2 bridgehead atoms. The zero-order valence-corrected chi connectivity index (χ0v) is 30.8. The first-order valence-corrected chi connectivity index (χ1v) is 17.2. The summed E-state index contributed by atoms with van der Waals surface area (Å²) in [5.41, 5.74) is -0.949. The van der Waals surface area contributed by atoms with Gasteiger partial charge in [-0.05, 0) is 63.4 Å². The lowest BCUT2D eigenvalue weighted by molar-refractivity contribution is -0.147. The molecule has 50 heavy (non-hydrogen) atoms. The van der Waals surface area contributed by atoms with Gasteiger partial charge in [0.1, 0.15) is 23.7 Å². The number of nitrogens with zero attached hydrogens (tertiary/aromatic N) is 2. The molecule has 6 atom stereocenters. The van der Waals surface area contributed by atoms with Gasteiger partial charge in [0.2, 0.25) is 29.4 Å². The molecule has 3 unspecified atom stereocenters. The van der Waals surface area contributed by atoms with E-state index in [0.29, 0.717) is 31.2 Å². The molecule has 6 amide bonds. The summed E-state index contributed by atoms with van der Waals surface area (Å²) in [4.78, 5) is 95.5. The van der Waals surface area contributed by atoms with Crippen LogP contribution in [-0.2, 0) is 33.5 Å². The van der Waals surface area contributed by atoms with E-state index in [0.717, 1.165) is 0 Å². The Morgan fingerprint density at radius 1 is 0.920 bits per heavy atom. The van der Waals surface area contributed by atoms with Crippen LogP contribution in [0, 0.1) is 11.3 Å². The van der Waals surface area contributed by atoms with Crippen LogP contribution in [-0.4, -0.2) is 102 Å². The molecule has 1 aliphatic heterocycles. The third kappa shape index (κ3) is 10.3. The van der Waals surface area contributed by atoms with Crippen molar-refractivity contribution < 1.29 is 38.3 Å². The summed E-state index contributed by atoms with van der Waals surface area (Å²) in [5, 5.41) is 10.4. The van der Waals surface area contributed by atoms with Crippen LogP contribution in [0.15, 0.2) is 30.3 Å². The predicted molar refractivity (Wildman–Crippen MR) is 185 cm³/mol. The number of likely N-dealkylation sites (N-methyl/N-ethyl adjacent to an activating group) is 1. The standard InChI is InChI=1S/C36H54N6O8/c1-10-14-24(28(44)31(46)37-20-25(43)39-26(32(47)41(8)9)21-15-12-11-13-16-21)38-30(45)27-22-17-18-23(19-22)42(27)33(48)29(35(2,3)4)40-34(49)50-36(5,6)7/h11-13,15-16,22-24,26-27,29H,10,14,17-20H2,1-9H3,(H,37,46)(H,38,45)(H,39,43)(H,40,49)/t22?,23?,24?,26-,27-,29+/m0/s1. The van der Waals surface area contributed by atoms with E-state index in [2.05, 4.69) is 21.3 Å². The highest BCUT2D eigenvalue weighted by molar-refractivity contribution is 6.38. The minimum absolute atomic E-state index is 0.150. The summed E-state index contributed by atoms with van der Waals surface area (Å²) in [6.45, 7) is 11.8. The van der Waals surface area contributed by atoms with Crippen molar-refractivity contribution in [2.75, 3.05) is 20.6 Å². The monoisotopic (exact) mass is 698 g/mol. The van der Waals surface area contributed by atoms with E-state index in [-0.39, 0.29) is 24.3 Å². The smallest absolute Gasteiger partial charge is 0.408 e. The number of rotatable bonds is 13. The fourth-order valence-electron chi connectivity index (χ4n) is 6.49. The summed E-state index contributed by atoms with van der Waals surface area (Å²) in [6.07, 6.45) is 1.89. The number of carbonyl (C=O) groups excluding carboxylic acids is 7. The van der Waals surface area contributed by atoms with Gasteiger partial charge in [0, 0.05) is 20.1 Å². The van der Waals surface area contributed by atoms with Gasteiger partial charge in [-0.1, -0.05) is 64.4 Å². The molecular weight excluding hydrogens is 644 g/mol. The number of hydrogen-bond acceptors (Lipinski definition) is 8. The maximum Gasteiger partial charge on any atom is 0.408 e. The summed E-state index contributed by atoms with van der Waals surface area (Å²) < 4.78 is 5.42. The van der Waals surface area contributed by atoms with Gasteiger partial charge in [0.15, 0.2) is 0 Å². The largest absolute Gasteiger partial charge is 0.444 e. The Balaban J connectivity index is 1.70. The van der Waals surface area contributed by atoms with Crippen molar-refractivity contribution >= 4 is 41.4 Å². The van der Waals surface area contributed by atoms with Gasteiger partial charge >= 0.3 is 6.09 Å². The Morgan fingerprint density at radius 3 is 2.12 bits per heavy atom. The van der Waals surface area contributed by atoms with Crippen LogP contribution in [0.4, 0.5) is 4.79 Å². The SMILES string of the molecule is CCCC(NC(=O)[C@@H]1C2CCC(C2)N1C(=O)[C@@H](NC(=O)OC(C)(C)C)C(C)(C)C)C(=O)C(=O)NCC(=O)N[C@H](C(=O)N(C)C)c1ccccc1. The van der Waals surface area contributed by atoms with E-state index < -0.39 is 77.2 Å². The van der Waals surface area contributed by atoms with Crippen molar-refractivity contribution in [1.82, 2.24) is 31.1 Å². The first-order chi connectivity index (χ1) is 23.2. The van der Waals surface area contributed by atoms with E-state index in [1.54, 1.807) is 72.1 Å².